The molecule has 45 heavy (non-hydrogen) atoms. The Kier molecular flexibility index (Phi) is 14.2. The first-order valence-corrected chi connectivity index (χ1v) is 17.4. The van der Waals surface area contributed by atoms with Crippen molar-refractivity contribution < 1.29 is 19.7 Å². The third kappa shape index (κ3) is 11.3. The van der Waals surface area contributed by atoms with Crippen molar-refractivity contribution >= 4 is 5.82 Å². The van der Waals surface area contributed by atoms with Crippen LogP contribution in [0.1, 0.15) is 135 Å². The summed E-state index contributed by atoms with van der Waals surface area (Å²) in [7, 11) is 0. The van der Waals surface area contributed by atoms with Gasteiger partial charge >= 0.3 is 5.69 Å². The van der Waals surface area contributed by atoms with Gasteiger partial charge in [-0.25, -0.2) is 4.79 Å². The highest BCUT2D eigenvalue weighted by Crippen LogP contribution is 2.42. The highest BCUT2D eigenvalue weighted by molar-refractivity contribution is 5.53. The van der Waals surface area contributed by atoms with Gasteiger partial charge in [0.2, 0.25) is 0 Å². The standard InChI is InChI=1S/C28H48O2.C9H13N3O3/c1-20(2)11-8-12-21(3)13-9-14-22(4)15-10-17-28(7)18-16-25-19-26(29)23(5)24(6)27(25)30-28;10-7-3-4-12(9(14)11-7)8-2-1-6(5-13)15-8/h19-22,29H,8-18H2,1-7H3;3-4,6,8,13H,1-2,5H2,(H2,10,11,14)/t;6-,8+/m.0/s1. The number of fused-ring (bicyclic) bond motifs is 1. The largest absolute Gasteiger partial charge is 0.508 e. The first kappa shape index (κ1) is 36.9. The van der Waals surface area contributed by atoms with Crippen molar-refractivity contribution in [3.05, 3.63) is 45.5 Å². The van der Waals surface area contributed by atoms with Crippen LogP contribution in [0, 0.1) is 31.6 Å². The Morgan fingerprint density at radius 3 is 2.27 bits per heavy atom. The van der Waals surface area contributed by atoms with Gasteiger partial charge in [-0.05, 0) is 106 Å². The van der Waals surface area contributed by atoms with Gasteiger partial charge in [0.05, 0.1) is 12.7 Å². The molecule has 2 aliphatic rings. The molecular weight excluding hydrogens is 566 g/mol. The van der Waals surface area contributed by atoms with E-state index in [1.165, 1.54) is 61.5 Å². The van der Waals surface area contributed by atoms with Crippen molar-refractivity contribution in [3.63, 3.8) is 0 Å². The molecule has 2 aliphatic heterocycles. The predicted octanol–water partition coefficient (Wildman–Crippen LogP) is 8.03. The van der Waals surface area contributed by atoms with E-state index < -0.39 is 5.69 Å². The van der Waals surface area contributed by atoms with E-state index in [1.807, 2.05) is 13.0 Å². The van der Waals surface area contributed by atoms with Crippen LogP contribution in [0.15, 0.2) is 23.1 Å². The average molecular weight is 628 g/mol. The van der Waals surface area contributed by atoms with E-state index in [0.717, 1.165) is 60.3 Å². The summed E-state index contributed by atoms with van der Waals surface area (Å²) in [4.78, 5) is 15.1. The topological polar surface area (TPSA) is 120 Å². The second-order valence-electron chi connectivity index (χ2n) is 14.6. The highest BCUT2D eigenvalue weighted by atomic mass is 16.5. The van der Waals surface area contributed by atoms with Crippen LogP contribution in [0.2, 0.25) is 0 Å². The number of nitrogens with zero attached hydrogens (tertiary/aromatic N) is 2. The molecule has 0 spiro atoms. The number of phenols is 1. The lowest BCUT2D eigenvalue weighted by molar-refractivity contribution is -0.0245. The molecule has 1 aromatic heterocycles. The summed E-state index contributed by atoms with van der Waals surface area (Å²) in [5.74, 6) is 4.18. The van der Waals surface area contributed by atoms with Crippen molar-refractivity contribution in [1.82, 2.24) is 9.55 Å². The number of aromatic nitrogens is 2. The van der Waals surface area contributed by atoms with Gasteiger partial charge in [-0.3, -0.25) is 4.57 Å². The molecule has 254 valence electrons. The Balaban J connectivity index is 0.000000305. The Labute approximate surface area is 271 Å². The zero-order valence-electron chi connectivity index (χ0n) is 29.1. The maximum atomic E-state index is 11.5. The molecule has 2 aromatic rings. The highest BCUT2D eigenvalue weighted by Gasteiger charge is 2.33. The zero-order chi connectivity index (χ0) is 33.1. The number of rotatable bonds is 14. The molecule has 4 N–H and O–H groups in total. The number of nitrogens with two attached hydrogens (primary N) is 1. The fourth-order valence-corrected chi connectivity index (χ4v) is 6.62. The molecule has 0 bridgehead atoms. The fraction of sp³-hybridized carbons (Fsp3) is 0.730. The van der Waals surface area contributed by atoms with Crippen LogP contribution in [0.4, 0.5) is 5.82 Å². The summed E-state index contributed by atoms with van der Waals surface area (Å²) < 4.78 is 13.4. The molecular formula is C37H61N3O5. The molecule has 3 unspecified atom stereocenters. The number of aliphatic hydroxyl groups is 1. The smallest absolute Gasteiger partial charge is 0.351 e. The first-order valence-electron chi connectivity index (χ1n) is 17.4. The van der Waals surface area contributed by atoms with E-state index in [4.69, 9.17) is 20.3 Å². The summed E-state index contributed by atoms with van der Waals surface area (Å²) in [5, 5.41) is 19.0. The number of anilines is 1. The predicted molar refractivity (Wildman–Crippen MR) is 183 cm³/mol. The average Bonchev–Trinajstić information content (AvgIpc) is 3.46. The molecule has 1 saturated heterocycles. The van der Waals surface area contributed by atoms with Crippen molar-refractivity contribution in [2.45, 2.75) is 150 Å². The lowest BCUT2D eigenvalue weighted by Gasteiger charge is -2.37. The van der Waals surface area contributed by atoms with E-state index in [2.05, 4.69) is 46.5 Å². The number of aryl methyl sites for hydroxylation is 1. The maximum absolute atomic E-state index is 11.5. The maximum Gasteiger partial charge on any atom is 0.351 e. The number of aromatic hydroxyl groups is 1. The van der Waals surface area contributed by atoms with E-state index in [1.54, 1.807) is 12.3 Å². The number of ether oxygens (including phenoxy) is 2. The van der Waals surface area contributed by atoms with Crippen LogP contribution in [0.5, 0.6) is 11.5 Å². The lowest BCUT2D eigenvalue weighted by Crippen LogP contribution is -2.36. The van der Waals surface area contributed by atoms with E-state index in [0.29, 0.717) is 12.2 Å². The monoisotopic (exact) mass is 627 g/mol. The Bertz CT molecular complexity index is 1260. The molecule has 0 saturated carbocycles. The normalized spacial score (nSPS) is 22.3. The summed E-state index contributed by atoms with van der Waals surface area (Å²) >= 11 is 0. The first-order chi connectivity index (χ1) is 21.3. The summed E-state index contributed by atoms with van der Waals surface area (Å²) in [6.07, 6.45) is 16.6. The summed E-state index contributed by atoms with van der Waals surface area (Å²) in [5.41, 5.74) is 8.12. The van der Waals surface area contributed by atoms with Gasteiger partial charge in [0.15, 0.2) is 0 Å². The molecule has 8 nitrogen and oxygen atoms in total. The van der Waals surface area contributed by atoms with E-state index >= 15 is 0 Å². The van der Waals surface area contributed by atoms with Gasteiger partial charge in [-0.2, -0.15) is 4.98 Å². The van der Waals surface area contributed by atoms with Crippen molar-refractivity contribution in [1.29, 1.82) is 0 Å². The zero-order valence-corrected chi connectivity index (χ0v) is 29.1. The van der Waals surface area contributed by atoms with Gasteiger partial charge in [0.25, 0.3) is 0 Å². The molecule has 0 aliphatic carbocycles. The van der Waals surface area contributed by atoms with Crippen molar-refractivity contribution in [3.8, 4) is 11.5 Å². The van der Waals surface area contributed by atoms with Crippen molar-refractivity contribution in [2.24, 2.45) is 17.8 Å². The minimum atomic E-state index is -0.418. The van der Waals surface area contributed by atoms with Crippen molar-refractivity contribution in [2.75, 3.05) is 12.3 Å². The number of phenolic OH excluding ortho intramolecular Hbond substituents is 1. The number of aliphatic hydroxyl groups excluding tert-OH is 1. The van der Waals surface area contributed by atoms with Crippen LogP contribution in [0.25, 0.3) is 0 Å². The fourth-order valence-electron chi connectivity index (χ4n) is 6.62. The summed E-state index contributed by atoms with van der Waals surface area (Å²) in [6, 6.07) is 3.46. The number of hydrogen-bond acceptors (Lipinski definition) is 7. The molecule has 5 atom stereocenters. The van der Waals surface area contributed by atoms with Crippen LogP contribution in [-0.4, -0.2) is 38.1 Å². The molecule has 0 radical (unpaired) electrons. The third-order valence-electron chi connectivity index (χ3n) is 9.89. The minimum absolute atomic E-state index is 0.0202. The van der Waals surface area contributed by atoms with Crippen LogP contribution >= 0.6 is 0 Å². The van der Waals surface area contributed by atoms with Crippen LogP contribution < -0.4 is 16.2 Å². The van der Waals surface area contributed by atoms with Gasteiger partial charge in [0.1, 0.15) is 29.1 Å². The molecule has 4 rings (SSSR count). The third-order valence-corrected chi connectivity index (χ3v) is 9.89. The second kappa shape index (κ2) is 17.4. The van der Waals surface area contributed by atoms with E-state index in [-0.39, 0.29) is 30.4 Å². The molecule has 3 heterocycles. The molecule has 1 fully saturated rings. The van der Waals surface area contributed by atoms with Crippen LogP contribution in [-0.2, 0) is 11.2 Å². The number of nitrogen functional groups attached to an aromatic ring is 1. The summed E-state index contributed by atoms with van der Waals surface area (Å²) in [6.45, 7) is 15.8. The van der Waals surface area contributed by atoms with Gasteiger partial charge < -0.3 is 25.4 Å². The Morgan fingerprint density at radius 2 is 1.67 bits per heavy atom. The van der Waals surface area contributed by atoms with Gasteiger partial charge in [-0.15, -0.1) is 0 Å². The SMILES string of the molecule is Cc1c(O)cc2c(c1C)OC(C)(CCCC(C)CCCC(C)CCCC(C)C)CC2.Nc1ccn([C@H]2CC[C@@H](CO)O2)c(=O)n1. The quantitative estimate of drug-likeness (QED) is 0.194. The van der Waals surface area contributed by atoms with Gasteiger partial charge in [0, 0.05) is 6.20 Å². The number of benzene rings is 1. The second-order valence-corrected chi connectivity index (χ2v) is 14.6. The Morgan fingerprint density at radius 1 is 1.02 bits per heavy atom. The number of hydrogen-bond donors (Lipinski definition) is 3. The van der Waals surface area contributed by atoms with E-state index in [9.17, 15) is 9.90 Å². The molecule has 8 heteroatoms. The lowest BCUT2D eigenvalue weighted by atomic mass is 9.85. The van der Waals surface area contributed by atoms with Crippen LogP contribution in [0.3, 0.4) is 0 Å². The molecule has 1 aromatic carbocycles. The Hall–Kier alpha value is -2.58. The van der Waals surface area contributed by atoms with Gasteiger partial charge in [-0.1, -0.05) is 72.6 Å². The minimum Gasteiger partial charge on any atom is -0.508 e. The molecule has 0 amide bonds.